The first-order valence-corrected chi connectivity index (χ1v) is 4.38. The molecule has 5 nitrogen and oxygen atoms in total. The molecule has 0 saturated heterocycles. The van der Waals surface area contributed by atoms with Crippen LogP contribution in [0.3, 0.4) is 0 Å². The molecule has 0 fully saturated rings. The van der Waals surface area contributed by atoms with Crippen molar-refractivity contribution in [1.82, 2.24) is 0 Å². The number of aliphatic carboxylic acids is 1. The number of hydrogen-bond donors (Lipinski definition) is 1. The molecule has 0 bridgehead atoms. The highest BCUT2D eigenvalue weighted by Crippen LogP contribution is 2.24. The van der Waals surface area contributed by atoms with Crippen LogP contribution in [0.15, 0.2) is 12.1 Å². The fourth-order valence-electron chi connectivity index (χ4n) is 1.50. The van der Waals surface area contributed by atoms with Crippen LogP contribution in [-0.2, 0) is 11.2 Å². The Morgan fingerprint density at radius 1 is 1.47 bits per heavy atom. The number of rotatable bonds is 3. The minimum atomic E-state index is -0.985. The maximum Gasteiger partial charge on any atom is 0.307 e. The minimum Gasteiger partial charge on any atom is -0.481 e. The summed E-state index contributed by atoms with van der Waals surface area (Å²) in [5.41, 5.74) is 1.69. The minimum absolute atomic E-state index is 0.0307. The molecule has 1 N–H and O–H groups in total. The lowest BCUT2D eigenvalue weighted by Crippen LogP contribution is -2.06. The average molecular weight is 209 g/mol. The van der Waals surface area contributed by atoms with E-state index in [0.29, 0.717) is 11.1 Å². The van der Waals surface area contributed by atoms with E-state index in [9.17, 15) is 14.9 Å². The molecule has 1 aromatic carbocycles. The van der Waals surface area contributed by atoms with Gasteiger partial charge in [0.15, 0.2) is 0 Å². The van der Waals surface area contributed by atoms with Gasteiger partial charge in [0.1, 0.15) is 0 Å². The van der Waals surface area contributed by atoms with Crippen LogP contribution < -0.4 is 0 Å². The lowest BCUT2D eigenvalue weighted by molar-refractivity contribution is -0.385. The summed E-state index contributed by atoms with van der Waals surface area (Å²) < 4.78 is 0. The van der Waals surface area contributed by atoms with E-state index >= 15 is 0 Å². The summed E-state index contributed by atoms with van der Waals surface area (Å²) >= 11 is 0. The molecule has 0 heterocycles. The van der Waals surface area contributed by atoms with Crippen molar-refractivity contribution in [3.8, 4) is 0 Å². The summed E-state index contributed by atoms with van der Waals surface area (Å²) in [5, 5.41) is 19.3. The Balaban J connectivity index is 3.29. The zero-order valence-electron chi connectivity index (χ0n) is 8.48. The van der Waals surface area contributed by atoms with Crippen molar-refractivity contribution in [2.45, 2.75) is 20.3 Å². The van der Waals surface area contributed by atoms with Crippen molar-refractivity contribution in [3.05, 3.63) is 38.9 Å². The molecule has 0 aliphatic heterocycles. The monoisotopic (exact) mass is 209 g/mol. The molecule has 0 amide bonds. The van der Waals surface area contributed by atoms with Gasteiger partial charge < -0.3 is 5.11 Å². The molecular weight excluding hydrogens is 198 g/mol. The molecule has 0 spiro atoms. The molecule has 0 aliphatic carbocycles. The van der Waals surface area contributed by atoms with Crippen molar-refractivity contribution < 1.29 is 14.8 Å². The van der Waals surface area contributed by atoms with E-state index in [2.05, 4.69) is 0 Å². The van der Waals surface area contributed by atoms with Gasteiger partial charge in [0, 0.05) is 11.6 Å². The van der Waals surface area contributed by atoms with Crippen LogP contribution >= 0.6 is 0 Å². The molecule has 0 radical (unpaired) electrons. The van der Waals surface area contributed by atoms with Gasteiger partial charge in [-0.15, -0.1) is 0 Å². The fraction of sp³-hybridized carbons (Fsp3) is 0.300. The molecule has 0 atom stereocenters. The van der Waals surface area contributed by atoms with Gasteiger partial charge in [-0.25, -0.2) is 0 Å². The van der Waals surface area contributed by atoms with E-state index in [1.807, 2.05) is 0 Å². The number of carboxylic acid groups (broad SMARTS) is 1. The Labute approximate surface area is 86.5 Å². The first kappa shape index (κ1) is 11.2. The summed E-state index contributed by atoms with van der Waals surface area (Å²) in [4.78, 5) is 20.7. The molecule has 0 unspecified atom stereocenters. The summed E-state index contributed by atoms with van der Waals surface area (Å²) in [6.45, 7) is 3.32. The van der Waals surface area contributed by atoms with Crippen LogP contribution in [-0.4, -0.2) is 16.0 Å². The SMILES string of the molecule is Cc1ccc([N+](=O)[O-])c(C)c1CC(=O)O. The van der Waals surface area contributed by atoms with Gasteiger partial charge in [-0.05, 0) is 25.0 Å². The first-order valence-electron chi connectivity index (χ1n) is 4.38. The van der Waals surface area contributed by atoms with Gasteiger partial charge in [-0.3, -0.25) is 14.9 Å². The van der Waals surface area contributed by atoms with Crippen molar-refractivity contribution in [3.63, 3.8) is 0 Å². The number of nitrogens with zero attached hydrogens (tertiary/aromatic N) is 1. The maximum absolute atomic E-state index is 10.6. The van der Waals surface area contributed by atoms with Gasteiger partial charge in [0.2, 0.25) is 0 Å². The number of carbonyl (C=O) groups is 1. The molecule has 0 aliphatic rings. The molecule has 0 aromatic heterocycles. The highest BCUT2D eigenvalue weighted by atomic mass is 16.6. The molecule has 5 heteroatoms. The number of nitro groups is 1. The molecule has 1 rings (SSSR count). The Bertz CT molecular complexity index is 426. The second kappa shape index (κ2) is 4.08. The van der Waals surface area contributed by atoms with Crippen LogP contribution in [0.5, 0.6) is 0 Å². The number of nitro benzene ring substituents is 1. The quantitative estimate of drug-likeness (QED) is 0.608. The van der Waals surface area contributed by atoms with Crippen LogP contribution in [0.25, 0.3) is 0 Å². The number of benzene rings is 1. The Hall–Kier alpha value is -1.91. The van der Waals surface area contributed by atoms with Crippen LogP contribution in [0, 0.1) is 24.0 Å². The topological polar surface area (TPSA) is 80.4 Å². The summed E-state index contributed by atoms with van der Waals surface area (Å²) in [7, 11) is 0. The predicted octanol–water partition coefficient (Wildman–Crippen LogP) is 1.84. The zero-order valence-corrected chi connectivity index (χ0v) is 8.48. The summed E-state index contributed by atoms with van der Waals surface area (Å²) in [5.74, 6) is -0.985. The van der Waals surface area contributed by atoms with E-state index in [-0.39, 0.29) is 12.1 Å². The number of carboxylic acids is 1. The first-order chi connectivity index (χ1) is 6.93. The number of hydrogen-bond acceptors (Lipinski definition) is 3. The van der Waals surface area contributed by atoms with Crippen molar-refractivity contribution >= 4 is 11.7 Å². The average Bonchev–Trinajstić information content (AvgIpc) is 2.11. The Morgan fingerprint density at radius 2 is 2.07 bits per heavy atom. The van der Waals surface area contributed by atoms with Gasteiger partial charge in [-0.2, -0.15) is 0 Å². The zero-order chi connectivity index (χ0) is 11.6. The van der Waals surface area contributed by atoms with Gasteiger partial charge in [0.05, 0.1) is 11.3 Å². The van der Waals surface area contributed by atoms with Crippen molar-refractivity contribution in [1.29, 1.82) is 0 Å². The largest absolute Gasteiger partial charge is 0.481 e. The van der Waals surface area contributed by atoms with E-state index in [1.54, 1.807) is 19.9 Å². The lowest BCUT2D eigenvalue weighted by atomic mass is 9.98. The van der Waals surface area contributed by atoms with Crippen molar-refractivity contribution in [2.75, 3.05) is 0 Å². The highest BCUT2D eigenvalue weighted by molar-refractivity contribution is 5.72. The third kappa shape index (κ3) is 2.31. The summed E-state index contributed by atoms with van der Waals surface area (Å²) in [6, 6.07) is 2.97. The molecule has 80 valence electrons. The predicted molar refractivity (Wildman–Crippen MR) is 53.9 cm³/mol. The highest BCUT2D eigenvalue weighted by Gasteiger charge is 2.17. The van der Waals surface area contributed by atoms with Crippen molar-refractivity contribution in [2.24, 2.45) is 0 Å². The smallest absolute Gasteiger partial charge is 0.307 e. The molecular formula is C10H11NO4. The number of aryl methyl sites for hydroxylation is 1. The van der Waals surface area contributed by atoms with Gasteiger partial charge in [-0.1, -0.05) is 6.07 Å². The third-order valence-electron chi connectivity index (χ3n) is 2.33. The third-order valence-corrected chi connectivity index (χ3v) is 2.33. The second-order valence-electron chi connectivity index (χ2n) is 3.33. The van der Waals surface area contributed by atoms with Crippen LogP contribution in [0.2, 0.25) is 0 Å². The van der Waals surface area contributed by atoms with E-state index < -0.39 is 10.9 Å². The van der Waals surface area contributed by atoms with E-state index in [1.165, 1.54) is 6.07 Å². The maximum atomic E-state index is 10.6. The fourth-order valence-corrected chi connectivity index (χ4v) is 1.50. The normalized spacial score (nSPS) is 10.0. The lowest BCUT2D eigenvalue weighted by Gasteiger charge is -2.07. The standard InChI is InChI=1S/C10H11NO4/c1-6-3-4-9(11(14)15)7(2)8(6)5-10(12)13/h3-4H,5H2,1-2H3,(H,12,13). The van der Waals surface area contributed by atoms with E-state index in [4.69, 9.17) is 5.11 Å². The Kier molecular flexibility index (Phi) is 3.04. The molecule has 0 saturated carbocycles. The van der Waals surface area contributed by atoms with Gasteiger partial charge in [0.25, 0.3) is 5.69 Å². The molecule has 1 aromatic rings. The molecule has 15 heavy (non-hydrogen) atoms. The summed E-state index contributed by atoms with van der Waals surface area (Å²) in [6.07, 6.45) is -0.181. The Morgan fingerprint density at radius 3 is 2.53 bits per heavy atom. The van der Waals surface area contributed by atoms with Crippen LogP contribution in [0.1, 0.15) is 16.7 Å². The van der Waals surface area contributed by atoms with Crippen LogP contribution in [0.4, 0.5) is 5.69 Å². The van der Waals surface area contributed by atoms with Gasteiger partial charge >= 0.3 is 5.97 Å². The van der Waals surface area contributed by atoms with E-state index in [0.717, 1.165) is 5.56 Å². The second-order valence-corrected chi connectivity index (χ2v) is 3.33.